The molecule has 1 aliphatic rings. The summed E-state index contributed by atoms with van der Waals surface area (Å²) in [7, 11) is -0.306. The highest BCUT2D eigenvalue weighted by Crippen LogP contribution is 2.37. The topological polar surface area (TPSA) is 61.8 Å². The molecule has 0 bridgehead atoms. The number of hydrogen-bond donors (Lipinski definition) is 0. The molecule has 0 N–H and O–H groups in total. The Hall–Kier alpha value is -1.14. The number of hydrogen-bond acceptors (Lipinski definition) is 5. The van der Waals surface area contributed by atoms with E-state index >= 15 is 0 Å². The third-order valence-electron chi connectivity index (χ3n) is 4.23. The van der Waals surface area contributed by atoms with Crippen LogP contribution < -0.4 is 0 Å². The van der Waals surface area contributed by atoms with Gasteiger partial charge in [-0.15, -0.1) is 0 Å². The van der Waals surface area contributed by atoms with Crippen LogP contribution in [0, 0.1) is 5.92 Å². The van der Waals surface area contributed by atoms with E-state index in [-0.39, 0.29) is 30.7 Å². The number of carbonyl (C=O) groups is 2. The molecule has 1 atom stereocenters. The molecule has 6 heteroatoms. The van der Waals surface area contributed by atoms with Crippen molar-refractivity contribution in [2.45, 2.75) is 65.5 Å². The monoisotopic (exact) mass is 310 g/mol. The molecular weight excluding hydrogens is 283 g/mol. The van der Waals surface area contributed by atoms with Crippen LogP contribution in [0.5, 0.6) is 0 Å². The lowest BCUT2D eigenvalue weighted by atomic mass is 9.84. The minimum absolute atomic E-state index is 0.182. The second-order valence-electron chi connectivity index (χ2n) is 6.54. The van der Waals surface area contributed by atoms with E-state index in [2.05, 4.69) is 0 Å². The Labute approximate surface area is 133 Å². The average Bonchev–Trinajstić information content (AvgIpc) is 2.57. The van der Waals surface area contributed by atoms with E-state index in [1.807, 2.05) is 39.8 Å². The van der Waals surface area contributed by atoms with Crippen LogP contribution >= 0.6 is 0 Å². The Balaban J connectivity index is 2.49. The van der Waals surface area contributed by atoms with Crippen LogP contribution in [0.15, 0.2) is 12.2 Å². The van der Waals surface area contributed by atoms with Gasteiger partial charge < -0.3 is 14.0 Å². The summed E-state index contributed by atoms with van der Waals surface area (Å²) in [5.74, 6) is -1.37. The van der Waals surface area contributed by atoms with E-state index in [1.54, 1.807) is 6.92 Å². The Kier molecular flexibility index (Phi) is 6.38. The third kappa shape index (κ3) is 4.68. The van der Waals surface area contributed by atoms with Gasteiger partial charge in [0, 0.05) is 6.32 Å². The van der Waals surface area contributed by atoms with Crippen molar-refractivity contribution < 1.29 is 23.6 Å². The SMILES string of the molecule is CCOC(=O)C(CC=CCB1OC(C)(C)C(C)(C)O1)C(C)=O. The Morgan fingerprint density at radius 2 is 1.68 bits per heavy atom. The van der Waals surface area contributed by atoms with Crippen molar-refractivity contribution in [1.82, 2.24) is 0 Å². The molecule has 1 rings (SSSR count). The number of esters is 1. The largest absolute Gasteiger partial charge is 0.465 e. The van der Waals surface area contributed by atoms with Gasteiger partial charge in [-0.1, -0.05) is 12.2 Å². The van der Waals surface area contributed by atoms with Crippen molar-refractivity contribution in [2.75, 3.05) is 6.61 Å². The summed E-state index contributed by atoms with van der Waals surface area (Å²) in [4.78, 5) is 23.2. The number of allylic oxidation sites excluding steroid dienone is 2. The standard InChI is InChI=1S/C16H27BO5/c1-7-20-14(19)13(12(2)18)10-8-9-11-17-21-15(3,4)16(5,6)22-17/h8-9,13H,7,10-11H2,1-6H3. The Morgan fingerprint density at radius 1 is 1.14 bits per heavy atom. The summed E-state index contributed by atoms with van der Waals surface area (Å²) in [5.41, 5.74) is -0.698. The summed E-state index contributed by atoms with van der Waals surface area (Å²) in [6, 6.07) is 0. The number of ketones is 1. The Bertz CT molecular complexity index is 426. The summed E-state index contributed by atoms with van der Waals surface area (Å²) < 4.78 is 16.7. The van der Waals surface area contributed by atoms with Crippen LogP contribution in [0.2, 0.25) is 6.32 Å². The van der Waals surface area contributed by atoms with Gasteiger partial charge in [-0.2, -0.15) is 0 Å². The van der Waals surface area contributed by atoms with Gasteiger partial charge in [-0.3, -0.25) is 9.59 Å². The van der Waals surface area contributed by atoms with Gasteiger partial charge in [0.2, 0.25) is 0 Å². The molecule has 0 spiro atoms. The first-order chi connectivity index (χ1) is 10.1. The minimum Gasteiger partial charge on any atom is -0.465 e. The molecule has 5 nitrogen and oxygen atoms in total. The molecule has 0 aliphatic carbocycles. The lowest BCUT2D eigenvalue weighted by Crippen LogP contribution is -2.41. The van der Waals surface area contributed by atoms with Gasteiger partial charge in [0.25, 0.3) is 0 Å². The first-order valence-electron chi connectivity index (χ1n) is 7.78. The molecule has 0 radical (unpaired) electrons. The number of ether oxygens (including phenoxy) is 1. The van der Waals surface area contributed by atoms with Gasteiger partial charge in [0.15, 0.2) is 0 Å². The van der Waals surface area contributed by atoms with Crippen LogP contribution in [0.4, 0.5) is 0 Å². The number of carbonyl (C=O) groups excluding carboxylic acids is 2. The molecule has 1 saturated heterocycles. The second-order valence-corrected chi connectivity index (χ2v) is 6.54. The number of Topliss-reactive ketones (excluding diaryl/α,β-unsaturated/α-hetero) is 1. The van der Waals surface area contributed by atoms with Crippen molar-refractivity contribution in [3.8, 4) is 0 Å². The molecule has 0 aromatic carbocycles. The fraction of sp³-hybridized carbons (Fsp3) is 0.750. The molecule has 1 unspecified atom stereocenters. The van der Waals surface area contributed by atoms with E-state index in [1.165, 1.54) is 6.92 Å². The lowest BCUT2D eigenvalue weighted by molar-refractivity contribution is -0.150. The maximum absolute atomic E-state index is 11.7. The van der Waals surface area contributed by atoms with Crippen LogP contribution in [0.3, 0.4) is 0 Å². The first kappa shape index (κ1) is 18.9. The van der Waals surface area contributed by atoms with E-state index in [0.29, 0.717) is 12.7 Å². The normalized spacial score (nSPS) is 21.1. The molecular formula is C16H27BO5. The van der Waals surface area contributed by atoms with Crippen LogP contribution in [0.25, 0.3) is 0 Å². The van der Waals surface area contributed by atoms with Crippen LogP contribution in [-0.2, 0) is 23.6 Å². The van der Waals surface area contributed by atoms with Crippen molar-refractivity contribution >= 4 is 18.9 Å². The van der Waals surface area contributed by atoms with E-state index in [4.69, 9.17) is 14.0 Å². The quantitative estimate of drug-likeness (QED) is 0.313. The maximum atomic E-state index is 11.7. The van der Waals surface area contributed by atoms with E-state index in [9.17, 15) is 9.59 Å². The molecule has 1 fully saturated rings. The summed E-state index contributed by atoms with van der Waals surface area (Å²) in [5, 5.41) is 0. The van der Waals surface area contributed by atoms with Crippen molar-refractivity contribution in [1.29, 1.82) is 0 Å². The maximum Gasteiger partial charge on any atom is 0.461 e. The molecule has 0 aromatic rings. The predicted molar refractivity (Wildman–Crippen MR) is 85.5 cm³/mol. The van der Waals surface area contributed by atoms with Crippen molar-refractivity contribution in [2.24, 2.45) is 5.92 Å². The number of rotatable bonds is 7. The fourth-order valence-electron chi connectivity index (χ4n) is 2.17. The smallest absolute Gasteiger partial charge is 0.461 e. The summed E-state index contributed by atoms with van der Waals surface area (Å²) >= 11 is 0. The molecule has 0 aromatic heterocycles. The van der Waals surface area contributed by atoms with E-state index in [0.717, 1.165) is 0 Å². The molecule has 22 heavy (non-hydrogen) atoms. The van der Waals surface area contributed by atoms with Crippen molar-refractivity contribution in [3.63, 3.8) is 0 Å². The molecule has 0 amide bonds. The molecule has 124 valence electrons. The average molecular weight is 310 g/mol. The lowest BCUT2D eigenvalue weighted by Gasteiger charge is -2.32. The highest BCUT2D eigenvalue weighted by molar-refractivity contribution is 6.46. The Morgan fingerprint density at radius 3 is 2.14 bits per heavy atom. The van der Waals surface area contributed by atoms with Gasteiger partial charge in [0.05, 0.1) is 17.8 Å². The zero-order chi connectivity index (χ0) is 17.0. The van der Waals surface area contributed by atoms with E-state index < -0.39 is 11.9 Å². The third-order valence-corrected chi connectivity index (χ3v) is 4.23. The highest BCUT2D eigenvalue weighted by atomic mass is 16.7. The minimum atomic E-state index is -0.727. The second kappa shape index (κ2) is 7.42. The molecule has 1 aliphatic heterocycles. The first-order valence-corrected chi connectivity index (χ1v) is 7.78. The zero-order valence-electron chi connectivity index (χ0n) is 14.5. The summed E-state index contributed by atoms with van der Waals surface area (Å²) in [6.07, 6.45) is 4.62. The van der Waals surface area contributed by atoms with Gasteiger partial charge in [-0.25, -0.2) is 0 Å². The predicted octanol–water partition coefficient (Wildman–Crippen LogP) is 2.79. The van der Waals surface area contributed by atoms with Crippen LogP contribution in [-0.4, -0.2) is 36.7 Å². The summed E-state index contributed by atoms with van der Waals surface area (Å²) in [6.45, 7) is 11.4. The van der Waals surface area contributed by atoms with Crippen molar-refractivity contribution in [3.05, 3.63) is 12.2 Å². The van der Waals surface area contributed by atoms with Crippen LogP contribution in [0.1, 0.15) is 48.0 Å². The van der Waals surface area contributed by atoms with Gasteiger partial charge in [-0.05, 0) is 48.0 Å². The van der Waals surface area contributed by atoms with Gasteiger partial charge in [0.1, 0.15) is 11.7 Å². The zero-order valence-corrected chi connectivity index (χ0v) is 14.5. The molecule has 1 heterocycles. The fourth-order valence-corrected chi connectivity index (χ4v) is 2.17. The highest BCUT2D eigenvalue weighted by Gasteiger charge is 2.50. The van der Waals surface area contributed by atoms with Gasteiger partial charge >= 0.3 is 13.1 Å². The molecule has 0 saturated carbocycles.